The van der Waals surface area contributed by atoms with Crippen molar-refractivity contribution in [2.75, 3.05) is 37.8 Å². The Morgan fingerprint density at radius 2 is 2.04 bits per heavy atom. The van der Waals surface area contributed by atoms with Gasteiger partial charge in [0.15, 0.2) is 0 Å². The summed E-state index contributed by atoms with van der Waals surface area (Å²) in [6.07, 6.45) is 2.32. The van der Waals surface area contributed by atoms with E-state index in [2.05, 4.69) is 25.5 Å². The highest BCUT2D eigenvalue weighted by molar-refractivity contribution is 6.33. The monoisotopic (exact) mass is 349 g/mol. The van der Waals surface area contributed by atoms with Gasteiger partial charge < -0.3 is 15.5 Å². The lowest BCUT2D eigenvalue weighted by atomic mass is 10.2. The molecule has 1 fully saturated rings. The van der Waals surface area contributed by atoms with Gasteiger partial charge in [-0.15, -0.1) is 0 Å². The minimum Gasteiger partial charge on any atom is -0.353 e. The van der Waals surface area contributed by atoms with E-state index in [9.17, 15) is 4.39 Å². The van der Waals surface area contributed by atoms with E-state index in [0.29, 0.717) is 28.4 Å². The van der Waals surface area contributed by atoms with Crippen molar-refractivity contribution < 1.29 is 4.39 Å². The van der Waals surface area contributed by atoms with Gasteiger partial charge in [0.1, 0.15) is 11.6 Å². The zero-order valence-corrected chi connectivity index (χ0v) is 14.6. The van der Waals surface area contributed by atoms with Gasteiger partial charge in [-0.25, -0.2) is 9.37 Å². The zero-order chi connectivity index (χ0) is 17.1. The molecule has 1 aliphatic rings. The van der Waals surface area contributed by atoms with Gasteiger partial charge in [-0.2, -0.15) is 4.98 Å². The molecule has 0 amide bonds. The smallest absolute Gasteiger partial charge is 0.224 e. The molecule has 5 nitrogen and oxygen atoms in total. The van der Waals surface area contributed by atoms with E-state index in [1.54, 1.807) is 6.07 Å². The molecule has 1 heterocycles. The molecule has 128 valence electrons. The van der Waals surface area contributed by atoms with E-state index in [1.165, 1.54) is 12.1 Å². The van der Waals surface area contributed by atoms with Crippen molar-refractivity contribution in [3.63, 3.8) is 0 Å². The molecule has 1 aliphatic carbocycles. The first kappa shape index (κ1) is 16.9. The maximum absolute atomic E-state index is 13.2. The molecular weight excluding hydrogens is 329 g/mol. The predicted octanol–water partition coefficient (Wildman–Crippen LogP) is 3.86. The van der Waals surface area contributed by atoms with Crippen LogP contribution in [0.3, 0.4) is 0 Å². The van der Waals surface area contributed by atoms with Crippen molar-refractivity contribution in [3.05, 3.63) is 40.8 Å². The van der Waals surface area contributed by atoms with Gasteiger partial charge in [0.05, 0.1) is 16.4 Å². The molecule has 3 rings (SSSR count). The van der Waals surface area contributed by atoms with Crippen molar-refractivity contribution in [1.82, 2.24) is 14.9 Å². The van der Waals surface area contributed by atoms with E-state index >= 15 is 0 Å². The Kier molecular flexibility index (Phi) is 5.16. The fourth-order valence-corrected chi connectivity index (χ4v) is 2.53. The number of halogens is 2. The molecule has 24 heavy (non-hydrogen) atoms. The van der Waals surface area contributed by atoms with Crippen LogP contribution in [0.5, 0.6) is 0 Å². The van der Waals surface area contributed by atoms with Gasteiger partial charge in [0, 0.05) is 25.1 Å². The van der Waals surface area contributed by atoms with Gasteiger partial charge in [0.2, 0.25) is 5.95 Å². The number of hydrogen-bond donors (Lipinski definition) is 2. The van der Waals surface area contributed by atoms with Crippen molar-refractivity contribution >= 4 is 29.1 Å². The number of benzene rings is 1. The molecule has 1 aromatic carbocycles. The van der Waals surface area contributed by atoms with E-state index in [4.69, 9.17) is 11.6 Å². The van der Waals surface area contributed by atoms with Crippen LogP contribution >= 0.6 is 11.6 Å². The summed E-state index contributed by atoms with van der Waals surface area (Å²) < 4.78 is 13.2. The molecule has 0 spiro atoms. The molecule has 2 aromatic rings. The Labute approximate surface area is 146 Å². The van der Waals surface area contributed by atoms with Crippen LogP contribution in [0.4, 0.5) is 21.8 Å². The largest absolute Gasteiger partial charge is 0.353 e. The zero-order valence-electron chi connectivity index (χ0n) is 13.8. The summed E-state index contributed by atoms with van der Waals surface area (Å²) in [5, 5.41) is 6.74. The summed E-state index contributed by atoms with van der Waals surface area (Å²) in [6.45, 7) is 1.65. The summed E-state index contributed by atoms with van der Waals surface area (Å²) in [5.74, 6) is 1.40. The number of nitrogens with zero attached hydrogens (tertiary/aromatic N) is 3. The highest BCUT2D eigenvalue weighted by Gasteiger charge is 2.26. The van der Waals surface area contributed by atoms with Gasteiger partial charge in [-0.05, 0) is 45.1 Å². The SMILES string of the molecule is CN(C)CCNc1nc(Nc2ccc(F)cc2Cl)cc(C2CC2)n1. The Morgan fingerprint density at radius 1 is 1.25 bits per heavy atom. The maximum atomic E-state index is 13.2. The number of rotatable bonds is 7. The standard InChI is InChI=1S/C17H21ClFN5/c1-24(2)8-7-20-17-22-15(11-3-4-11)10-16(23-17)21-14-6-5-12(19)9-13(14)18/h5-6,9-11H,3-4,7-8H2,1-2H3,(H2,20,21,22,23). The summed E-state index contributed by atoms with van der Waals surface area (Å²) in [7, 11) is 4.04. The highest BCUT2D eigenvalue weighted by atomic mass is 35.5. The van der Waals surface area contributed by atoms with Crippen LogP contribution in [-0.4, -0.2) is 42.1 Å². The Hall–Kier alpha value is -1.92. The second-order valence-corrected chi connectivity index (χ2v) is 6.66. The van der Waals surface area contributed by atoms with E-state index in [-0.39, 0.29) is 5.82 Å². The lowest BCUT2D eigenvalue weighted by Gasteiger charge is -2.13. The van der Waals surface area contributed by atoms with Crippen LogP contribution in [0.25, 0.3) is 0 Å². The molecule has 0 aliphatic heterocycles. The Balaban J connectivity index is 1.79. The number of anilines is 3. The molecule has 0 saturated heterocycles. The molecule has 0 radical (unpaired) electrons. The van der Waals surface area contributed by atoms with Crippen molar-refractivity contribution in [2.45, 2.75) is 18.8 Å². The highest BCUT2D eigenvalue weighted by Crippen LogP contribution is 2.40. The average Bonchev–Trinajstić information content (AvgIpc) is 3.34. The number of hydrogen-bond acceptors (Lipinski definition) is 5. The molecule has 7 heteroatoms. The fraction of sp³-hybridized carbons (Fsp3) is 0.412. The van der Waals surface area contributed by atoms with Crippen molar-refractivity contribution in [1.29, 1.82) is 0 Å². The number of nitrogens with one attached hydrogen (secondary N) is 2. The van der Waals surface area contributed by atoms with Gasteiger partial charge >= 0.3 is 0 Å². The van der Waals surface area contributed by atoms with E-state index in [0.717, 1.165) is 31.6 Å². The van der Waals surface area contributed by atoms with Crippen LogP contribution < -0.4 is 10.6 Å². The molecule has 1 aromatic heterocycles. The third-order valence-corrected chi connectivity index (χ3v) is 4.09. The minimum atomic E-state index is -0.363. The van der Waals surface area contributed by atoms with Gasteiger partial charge in [-0.1, -0.05) is 11.6 Å². The second kappa shape index (κ2) is 7.32. The third-order valence-electron chi connectivity index (χ3n) is 3.78. The van der Waals surface area contributed by atoms with Crippen LogP contribution in [0.2, 0.25) is 5.02 Å². The van der Waals surface area contributed by atoms with Gasteiger partial charge in [-0.3, -0.25) is 0 Å². The summed E-state index contributed by atoms with van der Waals surface area (Å²) >= 11 is 6.09. The first-order chi connectivity index (χ1) is 11.5. The second-order valence-electron chi connectivity index (χ2n) is 6.26. The lowest BCUT2D eigenvalue weighted by molar-refractivity contribution is 0.425. The molecular formula is C17H21ClFN5. The quantitative estimate of drug-likeness (QED) is 0.794. The first-order valence-electron chi connectivity index (χ1n) is 8.01. The molecule has 0 atom stereocenters. The normalized spacial score (nSPS) is 14.0. The topological polar surface area (TPSA) is 53.1 Å². The molecule has 0 bridgehead atoms. The van der Waals surface area contributed by atoms with E-state index < -0.39 is 0 Å². The molecule has 0 unspecified atom stereocenters. The minimum absolute atomic E-state index is 0.323. The number of aromatic nitrogens is 2. The Bertz CT molecular complexity index is 718. The summed E-state index contributed by atoms with van der Waals surface area (Å²) in [4.78, 5) is 11.2. The number of likely N-dealkylation sites (N-methyl/N-ethyl adjacent to an activating group) is 1. The predicted molar refractivity (Wildman–Crippen MR) is 95.7 cm³/mol. The van der Waals surface area contributed by atoms with E-state index in [1.807, 2.05) is 20.2 Å². The van der Waals surface area contributed by atoms with Crippen molar-refractivity contribution in [2.24, 2.45) is 0 Å². The molecule has 1 saturated carbocycles. The third kappa shape index (κ3) is 4.55. The first-order valence-corrected chi connectivity index (χ1v) is 8.39. The summed E-state index contributed by atoms with van der Waals surface area (Å²) in [5.41, 5.74) is 1.65. The lowest BCUT2D eigenvalue weighted by Crippen LogP contribution is -2.21. The van der Waals surface area contributed by atoms with Gasteiger partial charge in [0.25, 0.3) is 0 Å². The average molecular weight is 350 g/mol. The Morgan fingerprint density at radius 3 is 2.71 bits per heavy atom. The van der Waals surface area contributed by atoms with Crippen molar-refractivity contribution in [3.8, 4) is 0 Å². The van der Waals surface area contributed by atoms with Crippen LogP contribution in [-0.2, 0) is 0 Å². The van der Waals surface area contributed by atoms with Crippen LogP contribution in [0.1, 0.15) is 24.5 Å². The maximum Gasteiger partial charge on any atom is 0.224 e. The summed E-state index contributed by atoms with van der Waals surface area (Å²) in [6, 6.07) is 6.20. The molecule has 2 N–H and O–H groups in total. The fourth-order valence-electron chi connectivity index (χ4n) is 2.32. The van der Waals surface area contributed by atoms with Crippen LogP contribution in [0, 0.1) is 5.82 Å². The van der Waals surface area contributed by atoms with Crippen LogP contribution in [0.15, 0.2) is 24.3 Å².